The maximum atomic E-state index is 12.9. The van der Waals surface area contributed by atoms with E-state index in [1.165, 1.54) is 13.2 Å². The van der Waals surface area contributed by atoms with Crippen molar-refractivity contribution in [2.24, 2.45) is 0 Å². The molecule has 2 aliphatic rings. The van der Waals surface area contributed by atoms with Crippen molar-refractivity contribution in [1.29, 1.82) is 0 Å². The van der Waals surface area contributed by atoms with Crippen LogP contribution >= 0.6 is 11.3 Å². The Morgan fingerprint density at radius 3 is 2.85 bits per heavy atom. The number of ether oxygens (including phenoxy) is 1. The van der Waals surface area contributed by atoms with Crippen LogP contribution in [0.5, 0.6) is 0 Å². The van der Waals surface area contributed by atoms with Gasteiger partial charge < -0.3 is 4.74 Å². The molecule has 2 aliphatic heterocycles. The molecule has 0 radical (unpaired) electrons. The Balaban J connectivity index is 1.72. The molecule has 2 atom stereocenters. The molecule has 2 fully saturated rings. The molecule has 1 aromatic heterocycles. The van der Waals surface area contributed by atoms with Gasteiger partial charge in [-0.1, -0.05) is 6.07 Å². The van der Waals surface area contributed by atoms with Gasteiger partial charge in [0.1, 0.15) is 4.21 Å². The zero-order valence-corrected chi connectivity index (χ0v) is 17.4. The number of sulfonamides is 2. The highest BCUT2D eigenvalue weighted by Crippen LogP contribution is 2.26. The molecule has 0 saturated carbocycles. The minimum absolute atomic E-state index is 0.0743. The van der Waals surface area contributed by atoms with E-state index in [1.54, 1.807) is 16.3 Å². The molecule has 152 valence electrons. The molecule has 1 N–H and O–H groups in total. The van der Waals surface area contributed by atoms with Crippen molar-refractivity contribution in [1.82, 2.24) is 13.9 Å². The van der Waals surface area contributed by atoms with Crippen LogP contribution in [0, 0.1) is 0 Å². The van der Waals surface area contributed by atoms with Gasteiger partial charge in [-0.3, -0.25) is 9.69 Å². The maximum absolute atomic E-state index is 12.9. The molecule has 27 heavy (non-hydrogen) atoms. The summed E-state index contributed by atoms with van der Waals surface area (Å²) in [4.78, 5) is 14.6. The van der Waals surface area contributed by atoms with Crippen LogP contribution < -0.4 is 4.72 Å². The van der Waals surface area contributed by atoms with Gasteiger partial charge in [0.2, 0.25) is 20.0 Å². The van der Waals surface area contributed by atoms with Crippen molar-refractivity contribution >= 4 is 37.3 Å². The van der Waals surface area contributed by atoms with Gasteiger partial charge in [-0.05, 0) is 24.3 Å². The van der Waals surface area contributed by atoms with Gasteiger partial charge in [0.15, 0.2) is 0 Å². The number of carbonyl (C=O) groups is 1. The highest BCUT2D eigenvalue weighted by Gasteiger charge is 2.45. The second-order valence-electron chi connectivity index (χ2n) is 6.57. The van der Waals surface area contributed by atoms with Gasteiger partial charge >= 0.3 is 0 Å². The number of fused-ring (bicyclic) bond motifs is 1. The molecule has 1 amide bonds. The van der Waals surface area contributed by atoms with Gasteiger partial charge in [-0.2, -0.15) is 0 Å². The molecule has 2 saturated heterocycles. The molecule has 12 heteroatoms. The molecule has 1 aromatic rings. The predicted octanol–water partition coefficient (Wildman–Crippen LogP) is -0.322. The second kappa shape index (κ2) is 8.13. The Kier molecular flexibility index (Phi) is 6.23. The van der Waals surface area contributed by atoms with E-state index < -0.39 is 38.0 Å². The van der Waals surface area contributed by atoms with E-state index in [4.69, 9.17) is 4.74 Å². The fourth-order valence-corrected chi connectivity index (χ4v) is 7.17. The first-order valence-electron chi connectivity index (χ1n) is 8.57. The Morgan fingerprint density at radius 1 is 1.41 bits per heavy atom. The Labute approximate surface area is 163 Å². The highest BCUT2D eigenvalue weighted by molar-refractivity contribution is 7.91. The quantitative estimate of drug-likeness (QED) is 0.582. The lowest BCUT2D eigenvalue weighted by Crippen LogP contribution is -2.44. The largest absolute Gasteiger partial charge is 0.385 e. The first-order valence-corrected chi connectivity index (χ1v) is 12.5. The van der Waals surface area contributed by atoms with Crippen LogP contribution in [0.25, 0.3) is 0 Å². The SMILES string of the molecule is COCCCN1C(=O)[C@@H]2C[C@H](NS(=O)(=O)c3cccs3)CN2CCS1(=O)=O. The third-order valence-electron chi connectivity index (χ3n) is 4.70. The molecule has 0 bridgehead atoms. The van der Waals surface area contributed by atoms with Crippen LogP contribution in [0.4, 0.5) is 0 Å². The van der Waals surface area contributed by atoms with Gasteiger partial charge in [0.25, 0.3) is 5.91 Å². The van der Waals surface area contributed by atoms with E-state index in [0.717, 1.165) is 15.6 Å². The van der Waals surface area contributed by atoms with Crippen LogP contribution in [0.3, 0.4) is 0 Å². The Morgan fingerprint density at radius 2 is 2.19 bits per heavy atom. The number of rotatable bonds is 7. The summed E-state index contributed by atoms with van der Waals surface area (Å²) in [5, 5.41) is 1.68. The van der Waals surface area contributed by atoms with Gasteiger partial charge in [-0.15, -0.1) is 11.3 Å². The first kappa shape index (κ1) is 20.7. The molecule has 0 unspecified atom stereocenters. The van der Waals surface area contributed by atoms with E-state index in [1.807, 2.05) is 0 Å². The molecule has 0 aromatic carbocycles. The summed E-state index contributed by atoms with van der Waals surface area (Å²) in [6.45, 7) is 0.945. The third kappa shape index (κ3) is 4.51. The van der Waals surface area contributed by atoms with Crippen molar-refractivity contribution in [2.75, 3.05) is 39.1 Å². The highest BCUT2D eigenvalue weighted by atomic mass is 32.2. The van der Waals surface area contributed by atoms with Gasteiger partial charge in [-0.25, -0.2) is 25.9 Å². The van der Waals surface area contributed by atoms with Crippen molar-refractivity contribution in [3.05, 3.63) is 17.5 Å². The zero-order chi connectivity index (χ0) is 19.7. The van der Waals surface area contributed by atoms with E-state index in [9.17, 15) is 21.6 Å². The number of nitrogens with one attached hydrogen (secondary N) is 1. The van der Waals surface area contributed by atoms with E-state index >= 15 is 0 Å². The summed E-state index contributed by atoms with van der Waals surface area (Å²) >= 11 is 1.12. The standard InChI is InChI=1S/C15H23N3O6S3/c1-24-7-3-5-18-15(19)13-10-12(11-17(13)6-9-26(18,20)21)16-27(22,23)14-4-2-8-25-14/h2,4,8,12-13,16H,3,5-7,9-11H2,1H3/t12-,13-/m0/s1. The monoisotopic (exact) mass is 437 g/mol. The van der Waals surface area contributed by atoms with Crippen LogP contribution in [0.1, 0.15) is 12.8 Å². The van der Waals surface area contributed by atoms with Crippen LogP contribution in [0.15, 0.2) is 21.7 Å². The summed E-state index contributed by atoms with van der Waals surface area (Å²) in [6, 6.07) is 2.11. The number of carbonyl (C=O) groups excluding carboxylic acids is 1. The molecule has 3 heterocycles. The van der Waals surface area contributed by atoms with E-state index in [-0.39, 0.29) is 29.5 Å². The summed E-state index contributed by atoms with van der Waals surface area (Å²) in [7, 11) is -5.80. The minimum atomic E-state index is -3.67. The molecule has 3 rings (SSSR count). The number of amides is 1. The number of hydrogen-bond donors (Lipinski definition) is 1. The second-order valence-corrected chi connectivity index (χ2v) is 11.5. The summed E-state index contributed by atoms with van der Waals surface area (Å²) in [5.41, 5.74) is 0. The topological polar surface area (TPSA) is 113 Å². The number of methoxy groups -OCH3 is 1. The van der Waals surface area contributed by atoms with Crippen LogP contribution in [-0.4, -0.2) is 83.1 Å². The average Bonchev–Trinajstić information content (AvgIpc) is 3.24. The summed E-state index contributed by atoms with van der Waals surface area (Å²) < 4.78 is 58.5. The molecule has 0 spiro atoms. The van der Waals surface area contributed by atoms with Crippen molar-refractivity contribution < 1.29 is 26.4 Å². The zero-order valence-electron chi connectivity index (χ0n) is 14.9. The normalized spacial score (nSPS) is 26.1. The molecule has 9 nitrogen and oxygen atoms in total. The summed E-state index contributed by atoms with van der Waals surface area (Å²) in [5.74, 6) is -0.645. The molecular weight excluding hydrogens is 414 g/mol. The minimum Gasteiger partial charge on any atom is -0.385 e. The Hall–Kier alpha value is -1.05. The number of hydrogen-bond acceptors (Lipinski definition) is 8. The van der Waals surface area contributed by atoms with E-state index in [0.29, 0.717) is 19.6 Å². The fourth-order valence-electron chi connectivity index (χ4n) is 3.43. The lowest BCUT2D eigenvalue weighted by molar-refractivity contribution is -0.130. The molecular formula is C15H23N3O6S3. The summed E-state index contributed by atoms with van der Waals surface area (Å²) in [6.07, 6.45) is 0.669. The smallest absolute Gasteiger partial charge is 0.253 e. The van der Waals surface area contributed by atoms with Crippen molar-refractivity contribution in [3.8, 4) is 0 Å². The van der Waals surface area contributed by atoms with E-state index in [2.05, 4.69) is 4.72 Å². The van der Waals surface area contributed by atoms with Gasteiger partial charge in [0, 0.05) is 39.4 Å². The fraction of sp³-hybridized carbons (Fsp3) is 0.667. The first-order chi connectivity index (χ1) is 12.7. The van der Waals surface area contributed by atoms with Gasteiger partial charge in [0.05, 0.1) is 11.8 Å². The van der Waals surface area contributed by atoms with Crippen molar-refractivity contribution in [2.45, 2.75) is 29.1 Å². The number of thiophene rings is 1. The lowest BCUT2D eigenvalue weighted by atomic mass is 10.1. The maximum Gasteiger partial charge on any atom is 0.253 e. The predicted molar refractivity (Wildman–Crippen MR) is 100 cm³/mol. The molecule has 0 aliphatic carbocycles. The average molecular weight is 438 g/mol. The Bertz CT molecular complexity index is 869. The van der Waals surface area contributed by atoms with Crippen LogP contribution in [-0.2, 0) is 29.6 Å². The lowest BCUT2D eigenvalue weighted by Gasteiger charge is -2.23. The number of nitrogens with zero attached hydrogens (tertiary/aromatic N) is 2. The third-order valence-corrected chi connectivity index (χ3v) is 9.35. The van der Waals surface area contributed by atoms with Crippen LogP contribution in [0.2, 0.25) is 0 Å². The van der Waals surface area contributed by atoms with Crippen molar-refractivity contribution in [3.63, 3.8) is 0 Å².